The third-order valence-electron chi connectivity index (χ3n) is 2.38. The molecule has 5 heteroatoms. The van der Waals surface area contributed by atoms with E-state index in [0.29, 0.717) is 17.1 Å². The fraction of sp³-hybridized carbons (Fsp3) is 0.0714. The molecule has 0 unspecified atom stereocenters. The van der Waals surface area contributed by atoms with Gasteiger partial charge in [-0.1, -0.05) is 15.9 Å². The van der Waals surface area contributed by atoms with Crippen LogP contribution in [0.25, 0.3) is 0 Å². The fourth-order valence-corrected chi connectivity index (χ4v) is 1.71. The van der Waals surface area contributed by atoms with Gasteiger partial charge in [0.1, 0.15) is 5.75 Å². The normalized spacial score (nSPS) is 9.95. The molecule has 0 bridgehead atoms. The molecule has 0 aliphatic carbocycles. The number of halogens is 1. The number of nitrogens with one attached hydrogen (secondary N) is 1. The van der Waals surface area contributed by atoms with Crippen molar-refractivity contribution in [2.45, 2.75) is 0 Å². The van der Waals surface area contributed by atoms with E-state index in [0.717, 1.165) is 4.47 Å². The lowest BCUT2D eigenvalue weighted by atomic mass is 10.3. The van der Waals surface area contributed by atoms with E-state index in [1.54, 1.807) is 36.4 Å². The van der Waals surface area contributed by atoms with Crippen molar-refractivity contribution in [3.63, 3.8) is 0 Å². The standard InChI is InChI=1S/C14H13BrN2O2/c15-10-1-7-13(8-2-10)19-9-14(18)17-12-5-3-11(16)4-6-12/h1-8H,9,16H2,(H,17,18). The van der Waals surface area contributed by atoms with E-state index in [1.165, 1.54) is 0 Å². The molecule has 0 saturated heterocycles. The van der Waals surface area contributed by atoms with Gasteiger partial charge >= 0.3 is 0 Å². The van der Waals surface area contributed by atoms with Gasteiger partial charge in [-0.2, -0.15) is 0 Å². The number of rotatable bonds is 4. The average Bonchev–Trinajstić information content (AvgIpc) is 2.41. The zero-order valence-corrected chi connectivity index (χ0v) is 11.7. The molecule has 2 aromatic carbocycles. The fourth-order valence-electron chi connectivity index (χ4n) is 1.44. The van der Waals surface area contributed by atoms with Crippen molar-refractivity contribution >= 4 is 33.2 Å². The third-order valence-corrected chi connectivity index (χ3v) is 2.91. The van der Waals surface area contributed by atoms with Crippen molar-refractivity contribution in [2.24, 2.45) is 0 Å². The van der Waals surface area contributed by atoms with E-state index >= 15 is 0 Å². The van der Waals surface area contributed by atoms with Gasteiger partial charge in [0.25, 0.3) is 5.91 Å². The van der Waals surface area contributed by atoms with Crippen LogP contribution in [-0.2, 0) is 4.79 Å². The number of hydrogen-bond acceptors (Lipinski definition) is 3. The summed E-state index contributed by atoms with van der Waals surface area (Å²) >= 11 is 3.33. The second-order valence-electron chi connectivity index (χ2n) is 3.91. The number of ether oxygens (including phenoxy) is 1. The van der Waals surface area contributed by atoms with Crippen molar-refractivity contribution in [1.29, 1.82) is 0 Å². The minimum atomic E-state index is -0.215. The van der Waals surface area contributed by atoms with Crippen molar-refractivity contribution in [2.75, 3.05) is 17.7 Å². The summed E-state index contributed by atoms with van der Waals surface area (Å²) in [7, 11) is 0. The van der Waals surface area contributed by atoms with Crippen LogP contribution in [0.2, 0.25) is 0 Å². The molecule has 4 nitrogen and oxygen atoms in total. The summed E-state index contributed by atoms with van der Waals surface area (Å²) in [4.78, 5) is 11.7. The first-order valence-electron chi connectivity index (χ1n) is 5.67. The summed E-state index contributed by atoms with van der Waals surface area (Å²) in [6.07, 6.45) is 0. The number of nitrogens with two attached hydrogens (primary N) is 1. The highest BCUT2D eigenvalue weighted by Crippen LogP contribution is 2.16. The van der Waals surface area contributed by atoms with Crippen molar-refractivity contribution in [1.82, 2.24) is 0 Å². The third kappa shape index (κ3) is 4.30. The Bertz CT molecular complexity index is 553. The van der Waals surface area contributed by atoms with Crippen molar-refractivity contribution in [3.8, 4) is 5.75 Å². The van der Waals surface area contributed by atoms with E-state index in [9.17, 15) is 4.79 Å². The number of amides is 1. The number of benzene rings is 2. The molecule has 0 aliphatic rings. The minimum Gasteiger partial charge on any atom is -0.484 e. The zero-order valence-electron chi connectivity index (χ0n) is 10.1. The molecule has 19 heavy (non-hydrogen) atoms. The lowest BCUT2D eigenvalue weighted by Crippen LogP contribution is -2.20. The predicted molar refractivity (Wildman–Crippen MR) is 79.1 cm³/mol. The molecule has 0 spiro atoms. The van der Waals surface area contributed by atoms with E-state index in [2.05, 4.69) is 21.2 Å². The first-order chi connectivity index (χ1) is 9.13. The molecule has 0 aromatic heterocycles. The SMILES string of the molecule is Nc1ccc(NC(=O)COc2ccc(Br)cc2)cc1. The van der Waals surface area contributed by atoms with Gasteiger partial charge in [-0.15, -0.1) is 0 Å². The molecule has 0 radical (unpaired) electrons. The molecule has 98 valence electrons. The Labute approximate surface area is 119 Å². The predicted octanol–water partition coefficient (Wildman–Crippen LogP) is 3.05. The molecular weight excluding hydrogens is 308 g/mol. The van der Waals surface area contributed by atoms with Gasteiger partial charge in [-0.3, -0.25) is 4.79 Å². The van der Waals surface area contributed by atoms with Crippen LogP contribution in [0.3, 0.4) is 0 Å². The monoisotopic (exact) mass is 320 g/mol. The average molecular weight is 321 g/mol. The number of hydrogen-bond donors (Lipinski definition) is 2. The van der Waals surface area contributed by atoms with Crippen LogP contribution in [0.4, 0.5) is 11.4 Å². The molecular formula is C14H13BrN2O2. The Hall–Kier alpha value is -2.01. The highest BCUT2D eigenvalue weighted by molar-refractivity contribution is 9.10. The summed E-state index contributed by atoms with van der Waals surface area (Å²) < 4.78 is 6.33. The highest BCUT2D eigenvalue weighted by atomic mass is 79.9. The summed E-state index contributed by atoms with van der Waals surface area (Å²) in [6, 6.07) is 14.2. The van der Waals surface area contributed by atoms with Crippen LogP contribution in [0.15, 0.2) is 53.0 Å². The van der Waals surface area contributed by atoms with E-state index in [4.69, 9.17) is 10.5 Å². The van der Waals surface area contributed by atoms with E-state index in [-0.39, 0.29) is 12.5 Å². The van der Waals surface area contributed by atoms with Gasteiger partial charge in [0, 0.05) is 15.8 Å². The van der Waals surface area contributed by atoms with Crippen LogP contribution >= 0.6 is 15.9 Å². The molecule has 0 saturated carbocycles. The molecule has 1 amide bonds. The molecule has 2 aromatic rings. The van der Waals surface area contributed by atoms with Gasteiger partial charge in [-0.05, 0) is 48.5 Å². The maximum atomic E-state index is 11.7. The molecule has 0 aliphatic heterocycles. The van der Waals surface area contributed by atoms with Crippen LogP contribution in [0.1, 0.15) is 0 Å². The molecule has 0 heterocycles. The van der Waals surface area contributed by atoms with Gasteiger partial charge in [0.2, 0.25) is 0 Å². The Morgan fingerprint density at radius 2 is 1.74 bits per heavy atom. The summed E-state index contributed by atoms with van der Waals surface area (Å²) in [5, 5.41) is 2.72. The van der Waals surface area contributed by atoms with E-state index in [1.807, 2.05) is 12.1 Å². The Balaban J connectivity index is 1.84. The Morgan fingerprint density at radius 1 is 1.11 bits per heavy atom. The first kappa shape index (κ1) is 13.4. The maximum absolute atomic E-state index is 11.7. The lowest BCUT2D eigenvalue weighted by Gasteiger charge is -2.07. The zero-order chi connectivity index (χ0) is 13.7. The van der Waals surface area contributed by atoms with Crippen molar-refractivity contribution < 1.29 is 9.53 Å². The van der Waals surface area contributed by atoms with Gasteiger partial charge in [0.15, 0.2) is 6.61 Å². The number of carbonyl (C=O) groups is 1. The van der Waals surface area contributed by atoms with Gasteiger partial charge < -0.3 is 15.8 Å². The maximum Gasteiger partial charge on any atom is 0.262 e. The van der Waals surface area contributed by atoms with Crippen LogP contribution in [0.5, 0.6) is 5.75 Å². The lowest BCUT2D eigenvalue weighted by molar-refractivity contribution is -0.118. The second-order valence-corrected chi connectivity index (χ2v) is 4.83. The Morgan fingerprint density at radius 3 is 2.37 bits per heavy atom. The summed E-state index contributed by atoms with van der Waals surface area (Å²) in [5.41, 5.74) is 6.91. The van der Waals surface area contributed by atoms with E-state index < -0.39 is 0 Å². The smallest absolute Gasteiger partial charge is 0.262 e. The van der Waals surface area contributed by atoms with Gasteiger partial charge in [-0.25, -0.2) is 0 Å². The largest absolute Gasteiger partial charge is 0.484 e. The summed E-state index contributed by atoms with van der Waals surface area (Å²) in [6.45, 7) is -0.0357. The minimum absolute atomic E-state index is 0.0357. The topological polar surface area (TPSA) is 64.3 Å². The van der Waals surface area contributed by atoms with Crippen molar-refractivity contribution in [3.05, 3.63) is 53.0 Å². The second kappa shape index (κ2) is 6.24. The quantitative estimate of drug-likeness (QED) is 0.851. The molecule has 3 N–H and O–H groups in total. The molecule has 0 fully saturated rings. The molecule has 2 rings (SSSR count). The molecule has 0 atom stereocenters. The van der Waals surface area contributed by atoms with Gasteiger partial charge in [0.05, 0.1) is 0 Å². The summed E-state index contributed by atoms with van der Waals surface area (Å²) in [5.74, 6) is 0.434. The number of anilines is 2. The van der Waals surface area contributed by atoms with Crippen LogP contribution < -0.4 is 15.8 Å². The first-order valence-corrected chi connectivity index (χ1v) is 6.46. The van der Waals surface area contributed by atoms with Crippen LogP contribution in [0, 0.1) is 0 Å². The van der Waals surface area contributed by atoms with Crippen LogP contribution in [-0.4, -0.2) is 12.5 Å². The highest BCUT2D eigenvalue weighted by Gasteiger charge is 2.03. The number of carbonyl (C=O) groups excluding carboxylic acids is 1. The Kier molecular flexibility index (Phi) is 4.41. The number of nitrogen functional groups attached to an aromatic ring is 1.